The number of rotatable bonds is 3. The third-order valence-electron chi connectivity index (χ3n) is 3.69. The van der Waals surface area contributed by atoms with E-state index in [1.54, 1.807) is 0 Å². The SMILES string of the molecule is CNCc1cc(C)ccc1N1CCn2ccnc2C1. The Hall–Kier alpha value is -1.81. The van der Waals surface area contributed by atoms with Gasteiger partial charge in [0.2, 0.25) is 0 Å². The van der Waals surface area contributed by atoms with E-state index in [1.165, 1.54) is 16.8 Å². The van der Waals surface area contributed by atoms with Gasteiger partial charge >= 0.3 is 0 Å². The lowest BCUT2D eigenvalue weighted by Crippen LogP contribution is -2.34. The van der Waals surface area contributed by atoms with Gasteiger partial charge in [-0.3, -0.25) is 0 Å². The van der Waals surface area contributed by atoms with Gasteiger partial charge in [-0.1, -0.05) is 17.7 Å². The van der Waals surface area contributed by atoms with Crippen LogP contribution in [0.3, 0.4) is 0 Å². The topological polar surface area (TPSA) is 33.1 Å². The normalized spacial score (nSPS) is 14.5. The predicted molar refractivity (Wildman–Crippen MR) is 77.2 cm³/mol. The van der Waals surface area contributed by atoms with Gasteiger partial charge in [0, 0.05) is 37.7 Å². The minimum Gasteiger partial charge on any atom is -0.362 e. The minimum absolute atomic E-state index is 0.896. The first-order valence-electron chi connectivity index (χ1n) is 6.77. The van der Waals surface area contributed by atoms with Crippen LogP contribution in [0.2, 0.25) is 0 Å². The molecule has 0 fully saturated rings. The largest absolute Gasteiger partial charge is 0.362 e. The van der Waals surface area contributed by atoms with E-state index >= 15 is 0 Å². The second-order valence-corrected chi connectivity index (χ2v) is 5.12. The van der Waals surface area contributed by atoms with E-state index in [2.05, 4.69) is 51.1 Å². The highest BCUT2D eigenvalue weighted by Crippen LogP contribution is 2.25. The van der Waals surface area contributed by atoms with Crippen LogP contribution >= 0.6 is 0 Å². The van der Waals surface area contributed by atoms with Crippen molar-refractivity contribution >= 4 is 5.69 Å². The summed E-state index contributed by atoms with van der Waals surface area (Å²) < 4.78 is 2.24. The van der Waals surface area contributed by atoms with Crippen molar-refractivity contribution in [2.75, 3.05) is 18.5 Å². The van der Waals surface area contributed by atoms with Crippen LogP contribution in [0.1, 0.15) is 17.0 Å². The number of imidazole rings is 1. The molecule has 100 valence electrons. The molecule has 19 heavy (non-hydrogen) atoms. The fraction of sp³-hybridized carbons (Fsp3) is 0.400. The zero-order valence-corrected chi connectivity index (χ0v) is 11.6. The Morgan fingerprint density at radius 3 is 3.05 bits per heavy atom. The van der Waals surface area contributed by atoms with Crippen LogP contribution in [0.4, 0.5) is 5.69 Å². The molecule has 0 unspecified atom stereocenters. The number of benzene rings is 1. The molecule has 0 bridgehead atoms. The Morgan fingerprint density at radius 2 is 2.21 bits per heavy atom. The van der Waals surface area contributed by atoms with Gasteiger partial charge in [-0.25, -0.2) is 4.98 Å². The Balaban J connectivity index is 1.90. The van der Waals surface area contributed by atoms with Crippen molar-refractivity contribution in [1.82, 2.24) is 14.9 Å². The average Bonchev–Trinajstić information content (AvgIpc) is 2.86. The molecule has 1 aromatic carbocycles. The first-order chi connectivity index (χ1) is 9.28. The number of fused-ring (bicyclic) bond motifs is 1. The summed E-state index contributed by atoms with van der Waals surface area (Å²) in [5.74, 6) is 1.15. The lowest BCUT2D eigenvalue weighted by molar-refractivity contribution is 0.558. The number of aryl methyl sites for hydroxylation is 1. The summed E-state index contributed by atoms with van der Waals surface area (Å²) in [7, 11) is 2.00. The van der Waals surface area contributed by atoms with Gasteiger partial charge in [-0.15, -0.1) is 0 Å². The van der Waals surface area contributed by atoms with Crippen LogP contribution in [0, 0.1) is 6.92 Å². The molecule has 1 aliphatic rings. The van der Waals surface area contributed by atoms with Crippen LogP contribution in [-0.4, -0.2) is 23.1 Å². The van der Waals surface area contributed by atoms with Crippen molar-refractivity contribution < 1.29 is 0 Å². The zero-order valence-electron chi connectivity index (χ0n) is 11.6. The Morgan fingerprint density at radius 1 is 1.32 bits per heavy atom. The monoisotopic (exact) mass is 256 g/mol. The van der Waals surface area contributed by atoms with Gasteiger partial charge in [0.15, 0.2) is 0 Å². The zero-order chi connectivity index (χ0) is 13.2. The fourth-order valence-corrected chi connectivity index (χ4v) is 2.73. The molecule has 0 atom stereocenters. The van der Waals surface area contributed by atoms with Crippen LogP contribution in [-0.2, 0) is 19.6 Å². The van der Waals surface area contributed by atoms with Gasteiger partial charge in [0.05, 0.1) is 6.54 Å². The number of aromatic nitrogens is 2. The molecule has 2 aromatic rings. The van der Waals surface area contributed by atoms with Gasteiger partial charge < -0.3 is 14.8 Å². The maximum Gasteiger partial charge on any atom is 0.128 e. The molecule has 1 N–H and O–H groups in total. The number of nitrogens with one attached hydrogen (secondary N) is 1. The maximum atomic E-state index is 4.43. The molecular weight excluding hydrogens is 236 g/mol. The third kappa shape index (κ3) is 2.36. The van der Waals surface area contributed by atoms with Crippen molar-refractivity contribution in [3.63, 3.8) is 0 Å². The fourth-order valence-electron chi connectivity index (χ4n) is 2.73. The van der Waals surface area contributed by atoms with E-state index < -0.39 is 0 Å². The van der Waals surface area contributed by atoms with Gasteiger partial charge in [-0.05, 0) is 25.6 Å². The predicted octanol–water partition coefficient (Wildman–Crippen LogP) is 1.93. The first-order valence-corrected chi connectivity index (χ1v) is 6.77. The molecule has 0 aliphatic carbocycles. The Bertz CT molecular complexity index is 573. The maximum absolute atomic E-state index is 4.43. The molecule has 0 spiro atoms. The third-order valence-corrected chi connectivity index (χ3v) is 3.69. The number of nitrogens with zero attached hydrogens (tertiary/aromatic N) is 3. The highest BCUT2D eigenvalue weighted by Gasteiger charge is 2.18. The van der Waals surface area contributed by atoms with Crippen molar-refractivity contribution in [2.24, 2.45) is 0 Å². The van der Waals surface area contributed by atoms with E-state index in [1.807, 2.05) is 13.2 Å². The minimum atomic E-state index is 0.896. The van der Waals surface area contributed by atoms with Gasteiger partial charge in [-0.2, -0.15) is 0 Å². The summed E-state index contributed by atoms with van der Waals surface area (Å²) in [5.41, 5.74) is 4.00. The standard InChI is InChI=1S/C15H20N4/c1-12-3-4-14(13(9-12)10-16-2)19-8-7-18-6-5-17-15(18)11-19/h3-6,9,16H,7-8,10-11H2,1-2H3. The molecule has 0 amide bonds. The van der Waals surface area contributed by atoms with Gasteiger partial charge in [0.1, 0.15) is 5.82 Å². The summed E-state index contributed by atoms with van der Waals surface area (Å²) in [6.45, 7) is 6.01. The van der Waals surface area contributed by atoms with Gasteiger partial charge in [0.25, 0.3) is 0 Å². The summed E-state index contributed by atoms with van der Waals surface area (Å²) in [5, 5.41) is 3.26. The molecule has 2 heterocycles. The van der Waals surface area contributed by atoms with Crippen molar-refractivity contribution in [1.29, 1.82) is 0 Å². The van der Waals surface area contributed by atoms with E-state index in [-0.39, 0.29) is 0 Å². The van der Waals surface area contributed by atoms with Crippen molar-refractivity contribution in [2.45, 2.75) is 26.6 Å². The second kappa shape index (κ2) is 5.05. The molecule has 4 heteroatoms. The molecular formula is C15H20N4. The van der Waals surface area contributed by atoms with Crippen LogP contribution < -0.4 is 10.2 Å². The van der Waals surface area contributed by atoms with E-state index in [0.29, 0.717) is 0 Å². The van der Waals surface area contributed by atoms with Crippen LogP contribution in [0.5, 0.6) is 0 Å². The highest BCUT2D eigenvalue weighted by molar-refractivity contribution is 5.55. The molecule has 1 aromatic heterocycles. The lowest BCUT2D eigenvalue weighted by Gasteiger charge is -2.31. The second-order valence-electron chi connectivity index (χ2n) is 5.12. The number of hydrogen-bond acceptors (Lipinski definition) is 3. The molecule has 0 radical (unpaired) electrons. The molecule has 1 aliphatic heterocycles. The smallest absolute Gasteiger partial charge is 0.128 e. The van der Waals surface area contributed by atoms with Crippen LogP contribution in [0.15, 0.2) is 30.6 Å². The molecule has 4 nitrogen and oxygen atoms in total. The number of hydrogen-bond donors (Lipinski definition) is 1. The van der Waals surface area contributed by atoms with Crippen molar-refractivity contribution in [3.8, 4) is 0 Å². The summed E-state index contributed by atoms with van der Waals surface area (Å²) >= 11 is 0. The average molecular weight is 256 g/mol. The summed E-state index contributed by atoms with van der Waals surface area (Å²) in [6, 6.07) is 6.70. The quantitative estimate of drug-likeness (QED) is 0.911. The van der Waals surface area contributed by atoms with E-state index in [4.69, 9.17) is 0 Å². The molecule has 0 saturated carbocycles. The molecule has 3 rings (SSSR count). The number of anilines is 1. The first kappa shape index (κ1) is 12.2. The summed E-state index contributed by atoms with van der Waals surface area (Å²) in [4.78, 5) is 6.86. The Labute approximate surface area is 114 Å². The highest BCUT2D eigenvalue weighted by atomic mass is 15.2. The van der Waals surface area contributed by atoms with E-state index in [9.17, 15) is 0 Å². The lowest BCUT2D eigenvalue weighted by atomic mass is 10.1. The Kier molecular flexibility index (Phi) is 3.25. The van der Waals surface area contributed by atoms with E-state index in [0.717, 1.165) is 32.0 Å². The van der Waals surface area contributed by atoms with Crippen LogP contribution in [0.25, 0.3) is 0 Å². The summed E-state index contributed by atoms with van der Waals surface area (Å²) in [6.07, 6.45) is 3.96. The molecule has 0 saturated heterocycles. The van der Waals surface area contributed by atoms with Crippen molar-refractivity contribution in [3.05, 3.63) is 47.5 Å².